The first-order valence-corrected chi connectivity index (χ1v) is 10.1. The summed E-state index contributed by atoms with van der Waals surface area (Å²) in [7, 11) is 0. The summed E-state index contributed by atoms with van der Waals surface area (Å²) in [5.74, 6) is 0.319. The third kappa shape index (κ3) is 5.83. The van der Waals surface area contributed by atoms with Crippen molar-refractivity contribution in [3.63, 3.8) is 0 Å². The highest BCUT2D eigenvalue weighted by atomic mass is 35.5. The molecule has 144 valence electrons. The van der Waals surface area contributed by atoms with Gasteiger partial charge in [-0.1, -0.05) is 29.3 Å². The molecule has 26 heavy (non-hydrogen) atoms. The van der Waals surface area contributed by atoms with Crippen LogP contribution in [0.4, 0.5) is 0 Å². The van der Waals surface area contributed by atoms with Crippen LogP contribution in [-0.2, 0) is 16.1 Å². The highest BCUT2D eigenvalue weighted by Gasteiger charge is 2.25. The first-order valence-electron chi connectivity index (χ1n) is 9.36. The maximum Gasteiger partial charge on any atom is 0.223 e. The van der Waals surface area contributed by atoms with Crippen molar-refractivity contribution in [2.24, 2.45) is 5.92 Å². The van der Waals surface area contributed by atoms with Crippen LogP contribution < -0.4 is 5.32 Å². The van der Waals surface area contributed by atoms with E-state index in [1.165, 1.54) is 0 Å². The Morgan fingerprint density at radius 3 is 2.54 bits per heavy atom. The van der Waals surface area contributed by atoms with Gasteiger partial charge in [-0.25, -0.2) is 0 Å². The summed E-state index contributed by atoms with van der Waals surface area (Å²) in [5, 5.41) is 4.47. The lowest BCUT2D eigenvalue weighted by Gasteiger charge is -2.32. The van der Waals surface area contributed by atoms with Gasteiger partial charge in [0.05, 0.1) is 13.2 Å². The van der Waals surface area contributed by atoms with E-state index in [2.05, 4.69) is 15.1 Å². The zero-order valence-corrected chi connectivity index (χ0v) is 16.6. The summed E-state index contributed by atoms with van der Waals surface area (Å²) in [6.45, 7) is 7.78. The summed E-state index contributed by atoms with van der Waals surface area (Å²) in [6.07, 6.45) is 1.79. The summed E-state index contributed by atoms with van der Waals surface area (Å²) < 4.78 is 5.34. The molecule has 0 atom stereocenters. The van der Waals surface area contributed by atoms with Gasteiger partial charge in [0.2, 0.25) is 5.91 Å². The van der Waals surface area contributed by atoms with Crippen LogP contribution in [0.5, 0.6) is 0 Å². The minimum atomic E-state index is 0.122. The molecule has 7 heteroatoms. The van der Waals surface area contributed by atoms with Crippen LogP contribution in [0.1, 0.15) is 18.4 Å². The van der Waals surface area contributed by atoms with Crippen LogP contribution in [-0.4, -0.2) is 68.2 Å². The van der Waals surface area contributed by atoms with Crippen LogP contribution in [0.2, 0.25) is 10.0 Å². The molecule has 2 fully saturated rings. The second kappa shape index (κ2) is 9.90. The van der Waals surface area contributed by atoms with Gasteiger partial charge in [0.1, 0.15) is 0 Å². The lowest BCUT2D eigenvalue weighted by molar-refractivity contribution is -0.126. The fraction of sp³-hybridized carbons (Fsp3) is 0.632. The summed E-state index contributed by atoms with van der Waals surface area (Å²) in [4.78, 5) is 17.1. The lowest BCUT2D eigenvalue weighted by Crippen LogP contribution is -2.44. The van der Waals surface area contributed by atoms with Crippen molar-refractivity contribution < 1.29 is 9.53 Å². The largest absolute Gasteiger partial charge is 0.379 e. The van der Waals surface area contributed by atoms with Crippen molar-refractivity contribution in [3.8, 4) is 0 Å². The van der Waals surface area contributed by atoms with Gasteiger partial charge in [0, 0.05) is 48.7 Å². The maximum absolute atomic E-state index is 12.4. The van der Waals surface area contributed by atoms with E-state index in [9.17, 15) is 4.79 Å². The van der Waals surface area contributed by atoms with E-state index >= 15 is 0 Å². The molecule has 1 amide bonds. The Bertz CT molecular complexity index is 600. The molecule has 0 bridgehead atoms. The second-order valence-electron chi connectivity index (χ2n) is 7.03. The van der Waals surface area contributed by atoms with Gasteiger partial charge in [-0.05, 0) is 43.6 Å². The Balaban J connectivity index is 1.36. The van der Waals surface area contributed by atoms with Gasteiger partial charge in [-0.3, -0.25) is 14.6 Å². The highest BCUT2D eigenvalue weighted by molar-refractivity contribution is 6.35. The third-order valence-electron chi connectivity index (χ3n) is 5.20. The van der Waals surface area contributed by atoms with E-state index in [0.717, 1.165) is 77.4 Å². The van der Waals surface area contributed by atoms with E-state index in [1.807, 2.05) is 12.1 Å². The van der Waals surface area contributed by atoms with Gasteiger partial charge in [0.25, 0.3) is 0 Å². The van der Waals surface area contributed by atoms with Crippen LogP contribution >= 0.6 is 23.2 Å². The molecule has 0 spiro atoms. The molecular formula is C19H27Cl2N3O2. The number of hydrogen-bond donors (Lipinski definition) is 1. The average molecular weight is 400 g/mol. The summed E-state index contributed by atoms with van der Waals surface area (Å²) >= 11 is 12.2. The number of carbonyl (C=O) groups is 1. The number of hydrogen-bond acceptors (Lipinski definition) is 4. The smallest absolute Gasteiger partial charge is 0.223 e. The molecule has 2 heterocycles. The molecule has 0 radical (unpaired) electrons. The predicted molar refractivity (Wildman–Crippen MR) is 105 cm³/mol. The number of rotatable bonds is 6. The van der Waals surface area contributed by atoms with Crippen molar-refractivity contribution in [2.75, 3.05) is 52.5 Å². The summed E-state index contributed by atoms with van der Waals surface area (Å²) in [5.41, 5.74) is 1.09. The van der Waals surface area contributed by atoms with E-state index in [0.29, 0.717) is 10.0 Å². The lowest BCUT2D eigenvalue weighted by atomic mass is 9.95. The number of nitrogens with zero attached hydrogens (tertiary/aromatic N) is 2. The van der Waals surface area contributed by atoms with E-state index in [1.54, 1.807) is 6.07 Å². The molecule has 0 saturated carbocycles. The van der Waals surface area contributed by atoms with Gasteiger partial charge in [-0.2, -0.15) is 0 Å². The standard InChI is InChI=1S/C19H27Cl2N3O2/c20-17-2-1-16(18(21)13-17)14-24-6-3-15(4-7-24)19(25)22-5-8-23-9-11-26-12-10-23/h1-2,13,15H,3-12,14H2,(H,22,25). The number of likely N-dealkylation sites (tertiary alicyclic amines) is 1. The zero-order valence-electron chi connectivity index (χ0n) is 15.1. The Hall–Kier alpha value is -0.850. The quantitative estimate of drug-likeness (QED) is 0.798. The molecule has 2 aliphatic heterocycles. The van der Waals surface area contributed by atoms with Crippen LogP contribution in [0.3, 0.4) is 0 Å². The highest BCUT2D eigenvalue weighted by Crippen LogP contribution is 2.25. The number of amides is 1. The molecular weight excluding hydrogens is 373 g/mol. The molecule has 0 aromatic heterocycles. The zero-order chi connectivity index (χ0) is 18.4. The van der Waals surface area contributed by atoms with Crippen molar-refractivity contribution >= 4 is 29.1 Å². The van der Waals surface area contributed by atoms with Crippen molar-refractivity contribution in [1.82, 2.24) is 15.1 Å². The third-order valence-corrected chi connectivity index (χ3v) is 5.79. The minimum absolute atomic E-state index is 0.122. The molecule has 3 rings (SSSR count). The fourth-order valence-electron chi connectivity index (χ4n) is 3.55. The van der Waals surface area contributed by atoms with Crippen molar-refractivity contribution in [3.05, 3.63) is 33.8 Å². The molecule has 1 aromatic carbocycles. The number of benzene rings is 1. The molecule has 0 unspecified atom stereocenters. The first kappa shape index (κ1) is 19.9. The number of morpholine rings is 1. The SMILES string of the molecule is O=C(NCCN1CCOCC1)C1CCN(Cc2ccc(Cl)cc2Cl)CC1. The Morgan fingerprint density at radius 1 is 1.12 bits per heavy atom. The maximum atomic E-state index is 12.4. The second-order valence-corrected chi connectivity index (χ2v) is 7.87. The summed E-state index contributed by atoms with van der Waals surface area (Å²) in [6, 6.07) is 5.64. The molecule has 0 aliphatic carbocycles. The fourth-order valence-corrected chi connectivity index (χ4v) is 4.02. The Labute approximate surface area is 165 Å². The van der Waals surface area contributed by atoms with Crippen molar-refractivity contribution in [2.45, 2.75) is 19.4 Å². The van der Waals surface area contributed by atoms with E-state index in [4.69, 9.17) is 27.9 Å². The van der Waals surface area contributed by atoms with Gasteiger partial charge >= 0.3 is 0 Å². The number of piperidine rings is 1. The number of carbonyl (C=O) groups excluding carboxylic acids is 1. The topological polar surface area (TPSA) is 44.8 Å². The van der Waals surface area contributed by atoms with Crippen molar-refractivity contribution in [1.29, 1.82) is 0 Å². The van der Waals surface area contributed by atoms with Gasteiger partial charge in [-0.15, -0.1) is 0 Å². The van der Waals surface area contributed by atoms with Crippen LogP contribution in [0, 0.1) is 5.92 Å². The van der Waals surface area contributed by atoms with Crippen LogP contribution in [0.15, 0.2) is 18.2 Å². The van der Waals surface area contributed by atoms with Crippen LogP contribution in [0.25, 0.3) is 0 Å². The number of ether oxygens (including phenoxy) is 1. The number of nitrogens with one attached hydrogen (secondary N) is 1. The Kier molecular flexibility index (Phi) is 7.58. The number of halogens is 2. The van der Waals surface area contributed by atoms with Gasteiger partial charge < -0.3 is 10.1 Å². The average Bonchev–Trinajstić information content (AvgIpc) is 2.65. The first-order chi connectivity index (χ1) is 12.6. The van der Waals surface area contributed by atoms with E-state index in [-0.39, 0.29) is 11.8 Å². The Morgan fingerprint density at radius 2 is 1.85 bits per heavy atom. The molecule has 1 aromatic rings. The molecule has 2 saturated heterocycles. The normalized spacial score (nSPS) is 20.2. The molecule has 5 nitrogen and oxygen atoms in total. The monoisotopic (exact) mass is 399 g/mol. The molecule has 2 aliphatic rings. The molecule has 1 N–H and O–H groups in total. The minimum Gasteiger partial charge on any atom is -0.379 e. The van der Waals surface area contributed by atoms with E-state index < -0.39 is 0 Å². The van der Waals surface area contributed by atoms with Gasteiger partial charge in [0.15, 0.2) is 0 Å². The predicted octanol–water partition coefficient (Wildman–Crippen LogP) is 2.65.